The molecule has 3 nitrogen and oxygen atoms in total. The van der Waals surface area contributed by atoms with Crippen LogP contribution in [0, 0.1) is 0 Å². The van der Waals surface area contributed by atoms with Crippen LogP contribution in [0.2, 0.25) is 0 Å². The van der Waals surface area contributed by atoms with E-state index in [0.29, 0.717) is 6.54 Å². The largest absolute Gasteiger partial charge is 0.367 e. The molecule has 1 aliphatic heterocycles. The molecule has 0 aliphatic carbocycles. The second kappa shape index (κ2) is 5.58. The van der Waals surface area contributed by atoms with Crippen LogP contribution >= 0.6 is 11.3 Å². The van der Waals surface area contributed by atoms with Gasteiger partial charge in [-0.2, -0.15) is 0 Å². The van der Waals surface area contributed by atoms with Gasteiger partial charge >= 0.3 is 0 Å². The van der Waals surface area contributed by atoms with Crippen LogP contribution in [0.5, 0.6) is 0 Å². The summed E-state index contributed by atoms with van der Waals surface area (Å²) < 4.78 is 6.05. The van der Waals surface area contributed by atoms with Gasteiger partial charge in [-0.3, -0.25) is 9.69 Å². The van der Waals surface area contributed by atoms with Gasteiger partial charge in [0.2, 0.25) is 0 Å². The van der Waals surface area contributed by atoms with Crippen molar-refractivity contribution < 1.29 is 9.53 Å². The summed E-state index contributed by atoms with van der Waals surface area (Å²) in [7, 11) is 0. The van der Waals surface area contributed by atoms with Gasteiger partial charge in [-0.15, -0.1) is 11.3 Å². The molecular formula is C16H25NO2S. The molecule has 0 amide bonds. The van der Waals surface area contributed by atoms with Crippen LogP contribution in [-0.4, -0.2) is 41.5 Å². The number of Topliss-reactive ketones (excluding diaryl/α,β-unsaturated/α-hetero) is 1. The van der Waals surface area contributed by atoms with Gasteiger partial charge < -0.3 is 4.74 Å². The average molecular weight is 295 g/mol. The lowest BCUT2D eigenvalue weighted by atomic mass is 9.98. The van der Waals surface area contributed by atoms with E-state index in [0.717, 1.165) is 24.4 Å². The van der Waals surface area contributed by atoms with Crippen molar-refractivity contribution in [2.24, 2.45) is 0 Å². The molecule has 1 aliphatic rings. The summed E-state index contributed by atoms with van der Waals surface area (Å²) in [5.74, 6) is 0.225. The number of hydrogen-bond acceptors (Lipinski definition) is 4. The molecule has 2 heterocycles. The topological polar surface area (TPSA) is 29.5 Å². The summed E-state index contributed by atoms with van der Waals surface area (Å²) in [5, 5.41) is 0. The summed E-state index contributed by atoms with van der Waals surface area (Å²) in [5.41, 5.74) is -0.405. The Morgan fingerprint density at radius 1 is 1.25 bits per heavy atom. The number of ether oxygens (including phenoxy) is 1. The van der Waals surface area contributed by atoms with E-state index in [1.165, 1.54) is 4.88 Å². The van der Waals surface area contributed by atoms with Crippen LogP contribution in [0.25, 0.3) is 0 Å². The number of carbonyl (C=O) groups is 1. The fourth-order valence-corrected chi connectivity index (χ4v) is 3.93. The van der Waals surface area contributed by atoms with E-state index in [9.17, 15) is 4.79 Å². The number of morpholine rings is 1. The van der Waals surface area contributed by atoms with Crippen molar-refractivity contribution >= 4 is 17.1 Å². The van der Waals surface area contributed by atoms with Gasteiger partial charge in [0.25, 0.3) is 0 Å². The second-order valence-corrected chi connectivity index (χ2v) is 7.98. The molecule has 0 unspecified atom stereocenters. The van der Waals surface area contributed by atoms with Crippen LogP contribution in [-0.2, 0) is 11.2 Å². The summed E-state index contributed by atoms with van der Waals surface area (Å²) >= 11 is 1.62. The fraction of sp³-hybridized carbons (Fsp3) is 0.688. The van der Waals surface area contributed by atoms with Crippen LogP contribution in [0.3, 0.4) is 0 Å². The molecule has 1 aromatic rings. The van der Waals surface area contributed by atoms with Gasteiger partial charge in [-0.05, 0) is 46.2 Å². The zero-order chi connectivity index (χ0) is 15.0. The number of thiophene rings is 1. The Bertz CT molecular complexity index is 474. The Kier molecular flexibility index (Phi) is 4.38. The number of aryl methyl sites for hydroxylation is 1. The van der Waals surface area contributed by atoms with E-state index in [1.54, 1.807) is 11.3 Å². The van der Waals surface area contributed by atoms with Gasteiger partial charge in [-0.1, -0.05) is 6.92 Å². The quantitative estimate of drug-likeness (QED) is 0.798. The van der Waals surface area contributed by atoms with Crippen molar-refractivity contribution in [2.75, 3.05) is 19.6 Å². The Labute approximate surface area is 125 Å². The summed E-state index contributed by atoms with van der Waals surface area (Å²) in [6.07, 6.45) is 0.996. The van der Waals surface area contributed by atoms with Crippen LogP contribution in [0.15, 0.2) is 12.1 Å². The number of hydrogen-bond donors (Lipinski definition) is 0. The monoisotopic (exact) mass is 295 g/mol. The molecule has 0 atom stereocenters. The molecule has 20 heavy (non-hydrogen) atoms. The number of nitrogens with zero attached hydrogens (tertiary/aromatic N) is 1. The Hall–Kier alpha value is -0.710. The van der Waals surface area contributed by atoms with Crippen molar-refractivity contribution in [2.45, 2.75) is 52.2 Å². The van der Waals surface area contributed by atoms with E-state index in [2.05, 4.69) is 45.6 Å². The van der Waals surface area contributed by atoms with Crippen molar-refractivity contribution in [3.63, 3.8) is 0 Å². The molecule has 0 saturated carbocycles. The molecule has 0 radical (unpaired) electrons. The van der Waals surface area contributed by atoms with Gasteiger partial charge in [0, 0.05) is 18.0 Å². The predicted molar refractivity (Wildman–Crippen MR) is 83.7 cm³/mol. The van der Waals surface area contributed by atoms with E-state index < -0.39 is 0 Å². The minimum absolute atomic E-state index is 0.202. The fourth-order valence-electron chi connectivity index (χ4n) is 3.06. The molecule has 2 rings (SSSR count). The number of ketones is 1. The highest BCUT2D eigenvalue weighted by Gasteiger charge is 2.38. The first-order valence-corrected chi connectivity index (χ1v) is 8.07. The summed E-state index contributed by atoms with van der Waals surface area (Å²) in [6.45, 7) is 12.6. The number of carbonyl (C=O) groups excluding carboxylic acids is 1. The van der Waals surface area contributed by atoms with Crippen molar-refractivity contribution in [3.05, 3.63) is 21.9 Å². The van der Waals surface area contributed by atoms with Crippen molar-refractivity contribution in [1.82, 2.24) is 4.90 Å². The van der Waals surface area contributed by atoms with Crippen LogP contribution in [0.1, 0.15) is 49.2 Å². The first-order chi connectivity index (χ1) is 9.21. The highest BCUT2D eigenvalue weighted by atomic mass is 32.1. The lowest BCUT2D eigenvalue weighted by molar-refractivity contribution is -0.178. The minimum atomic E-state index is -0.202. The highest BCUT2D eigenvalue weighted by Crippen LogP contribution is 2.28. The third-order valence-corrected chi connectivity index (χ3v) is 4.68. The van der Waals surface area contributed by atoms with Gasteiger partial charge in [0.15, 0.2) is 5.78 Å². The Morgan fingerprint density at radius 2 is 1.85 bits per heavy atom. The summed E-state index contributed by atoms with van der Waals surface area (Å²) in [4.78, 5) is 16.8. The maximum absolute atomic E-state index is 12.4. The maximum Gasteiger partial charge on any atom is 0.186 e. The second-order valence-electron chi connectivity index (χ2n) is 6.81. The molecule has 0 bridgehead atoms. The number of rotatable bonds is 4. The third kappa shape index (κ3) is 3.90. The third-order valence-electron chi connectivity index (χ3n) is 3.41. The molecule has 1 fully saturated rings. The molecular weight excluding hydrogens is 270 g/mol. The lowest BCUT2D eigenvalue weighted by Gasteiger charge is -2.46. The molecule has 1 aromatic heterocycles. The van der Waals surface area contributed by atoms with E-state index >= 15 is 0 Å². The average Bonchev–Trinajstić information content (AvgIpc) is 2.72. The van der Waals surface area contributed by atoms with Crippen LogP contribution < -0.4 is 0 Å². The first kappa shape index (κ1) is 15.7. The van der Waals surface area contributed by atoms with Gasteiger partial charge in [0.1, 0.15) is 0 Å². The maximum atomic E-state index is 12.4. The smallest absolute Gasteiger partial charge is 0.186 e. The summed E-state index contributed by atoms with van der Waals surface area (Å²) in [6, 6.07) is 4.02. The molecule has 4 heteroatoms. The van der Waals surface area contributed by atoms with Gasteiger partial charge in [-0.25, -0.2) is 0 Å². The Morgan fingerprint density at radius 3 is 2.35 bits per heavy atom. The predicted octanol–water partition coefficient (Wildman–Crippen LogP) is 3.38. The molecule has 112 valence electrons. The van der Waals surface area contributed by atoms with Gasteiger partial charge in [0.05, 0.1) is 22.6 Å². The standard InChI is InChI=1S/C16H25NO2S/c1-6-12-7-8-14(20-12)13(18)9-17-10-15(2,3)19-16(4,5)11-17/h7-8H,6,9-11H2,1-5H3. The Balaban J connectivity index is 2.03. The first-order valence-electron chi connectivity index (χ1n) is 7.25. The zero-order valence-electron chi connectivity index (χ0n) is 13.2. The molecule has 1 saturated heterocycles. The van der Waals surface area contributed by atoms with E-state index in [4.69, 9.17) is 4.74 Å². The van der Waals surface area contributed by atoms with Crippen molar-refractivity contribution in [3.8, 4) is 0 Å². The lowest BCUT2D eigenvalue weighted by Crippen LogP contribution is -2.57. The molecule has 0 spiro atoms. The minimum Gasteiger partial charge on any atom is -0.367 e. The molecule has 0 N–H and O–H groups in total. The molecule has 0 aromatic carbocycles. The zero-order valence-corrected chi connectivity index (χ0v) is 14.0. The normalized spacial score (nSPS) is 21.9. The van der Waals surface area contributed by atoms with Crippen molar-refractivity contribution in [1.29, 1.82) is 0 Å². The van der Waals surface area contributed by atoms with E-state index in [1.807, 2.05) is 6.07 Å². The van der Waals surface area contributed by atoms with E-state index in [-0.39, 0.29) is 17.0 Å². The SMILES string of the molecule is CCc1ccc(C(=O)CN2CC(C)(C)OC(C)(C)C2)s1. The highest BCUT2D eigenvalue weighted by molar-refractivity contribution is 7.14. The van der Waals surface area contributed by atoms with Crippen LogP contribution in [0.4, 0.5) is 0 Å².